The molecule has 0 aromatic carbocycles. The maximum absolute atomic E-state index is 12.8. The predicted molar refractivity (Wildman–Crippen MR) is 129 cm³/mol. The van der Waals surface area contributed by atoms with Gasteiger partial charge < -0.3 is 15.4 Å². The summed E-state index contributed by atoms with van der Waals surface area (Å²) in [7, 11) is 0. The highest BCUT2D eigenvalue weighted by atomic mass is 79.9. The van der Waals surface area contributed by atoms with Gasteiger partial charge in [0.1, 0.15) is 5.00 Å². The standard InChI is InChI=1S/C22H28BrN3O3S2/c1-4-29-21(27)17-14-8-11(2)7-12(3)18(14)31-20(17)26-22(28)25-9-15-13-5-6-24-10-16(13)30-19(15)23/h11-12,24H,4-10H2,1-3H3,(H2,25,26,28). The van der Waals surface area contributed by atoms with Crippen molar-refractivity contribution in [1.29, 1.82) is 0 Å². The fourth-order valence-corrected chi connectivity index (χ4v) is 7.89. The number of fused-ring (bicyclic) bond motifs is 2. The number of halogens is 1. The van der Waals surface area contributed by atoms with E-state index >= 15 is 0 Å². The number of hydrogen-bond acceptors (Lipinski definition) is 6. The molecule has 0 radical (unpaired) electrons. The van der Waals surface area contributed by atoms with E-state index in [2.05, 4.69) is 45.7 Å². The Morgan fingerprint density at radius 3 is 2.84 bits per heavy atom. The number of thiophene rings is 2. The molecule has 168 valence electrons. The van der Waals surface area contributed by atoms with E-state index in [9.17, 15) is 9.59 Å². The first kappa shape index (κ1) is 22.8. The molecule has 31 heavy (non-hydrogen) atoms. The lowest BCUT2D eigenvalue weighted by molar-refractivity contribution is 0.0526. The Morgan fingerprint density at radius 1 is 1.26 bits per heavy atom. The van der Waals surface area contributed by atoms with Crippen LogP contribution >= 0.6 is 38.6 Å². The van der Waals surface area contributed by atoms with Crippen LogP contribution in [0.2, 0.25) is 0 Å². The fourth-order valence-electron chi connectivity index (χ4n) is 4.59. The van der Waals surface area contributed by atoms with E-state index in [0.29, 0.717) is 35.6 Å². The van der Waals surface area contributed by atoms with Crippen LogP contribution in [0.3, 0.4) is 0 Å². The Balaban J connectivity index is 1.52. The summed E-state index contributed by atoms with van der Waals surface area (Å²) in [5.41, 5.74) is 4.07. The lowest BCUT2D eigenvalue weighted by atomic mass is 9.82. The molecule has 2 unspecified atom stereocenters. The van der Waals surface area contributed by atoms with Gasteiger partial charge in [0, 0.05) is 22.8 Å². The van der Waals surface area contributed by atoms with Crippen LogP contribution in [0.25, 0.3) is 0 Å². The third-order valence-corrected chi connectivity index (χ3v) is 9.32. The second-order valence-corrected chi connectivity index (χ2v) is 11.8. The van der Waals surface area contributed by atoms with Crippen molar-refractivity contribution in [3.8, 4) is 0 Å². The van der Waals surface area contributed by atoms with Crippen LogP contribution in [0.4, 0.5) is 9.80 Å². The van der Waals surface area contributed by atoms with Crippen LogP contribution in [-0.4, -0.2) is 25.2 Å². The maximum atomic E-state index is 12.8. The number of anilines is 1. The van der Waals surface area contributed by atoms with Gasteiger partial charge in [-0.1, -0.05) is 13.8 Å². The summed E-state index contributed by atoms with van der Waals surface area (Å²) in [5, 5.41) is 9.91. The van der Waals surface area contributed by atoms with Crippen molar-refractivity contribution in [2.75, 3.05) is 18.5 Å². The summed E-state index contributed by atoms with van der Waals surface area (Å²) < 4.78 is 6.40. The number of esters is 1. The minimum Gasteiger partial charge on any atom is -0.462 e. The van der Waals surface area contributed by atoms with Crippen LogP contribution in [0.5, 0.6) is 0 Å². The zero-order valence-electron chi connectivity index (χ0n) is 18.0. The Kier molecular flexibility index (Phi) is 7.05. The van der Waals surface area contributed by atoms with Crippen molar-refractivity contribution >= 4 is 55.6 Å². The van der Waals surface area contributed by atoms with Gasteiger partial charge >= 0.3 is 12.0 Å². The first-order valence-electron chi connectivity index (χ1n) is 10.8. The van der Waals surface area contributed by atoms with Crippen molar-refractivity contribution in [2.45, 2.75) is 59.0 Å². The van der Waals surface area contributed by atoms with Crippen LogP contribution < -0.4 is 16.0 Å². The summed E-state index contributed by atoms with van der Waals surface area (Å²) in [6.45, 7) is 8.80. The molecule has 2 amide bonds. The van der Waals surface area contributed by atoms with Crippen molar-refractivity contribution < 1.29 is 14.3 Å². The van der Waals surface area contributed by atoms with Gasteiger partial charge in [0.05, 0.1) is 16.0 Å². The molecule has 6 nitrogen and oxygen atoms in total. The summed E-state index contributed by atoms with van der Waals surface area (Å²) in [5.74, 6) is 0.528. The van der Waals surface area contributed by atoms with Gasteiger partial charge in [0.2, 0.25) is 0 Å². The van der Waals surface area contributed by atoms with Crippen molar-refractivity contribution in [3.05, 3.63) is 35.8 Å². The molecule has 0 saturated heterocycles. The summed E-state index contributed by atoms with van der Waals surface area (Å²) in [4.78, 5) is 28.1. The van der Waals surface area contributed by atoms with Crippen molar-refractivity contribution in [1.82, 2.24) is 10.6 Å². The molecule has 3 N–H and O–H groups in total. The number of rotatable bonds is 5. The van der Waals surface area contributed by atoms with Crippen LogP contribution in [0, 0.1) is 5.92 Å². The Hall–Kier alpha value is -1.42. The molecule has 0 saturated carbocycles. The lowest BCUT2D eigenvalue weighted by Gasteiger charge is -2.24. The molecule has 2 aliphatic rings. The smallest absolute Gasteiger partial charge is 0.341 e. The number of hydrogen-bond donors (Lipinski definition) is 3. The second-order valence-electron chi connectivity index (χ2n) is 8.31. The molecule has 0 bridgehead atoms. The summed E-state index contributed by atoms with van der Waals surface area (Å²) in [6, 6.07) is -0.300. The van der Waals surface area contributed by atoms with Crippen LogP contribution in [0.1, 0.15) is 69.9 Å². The van der Waals surface area contributed by atoms with Gasteiger partial charge in [0.25, 0.3) is 0 Å². The molecule has 0 fully saturated rings. The third-order valence-electron chi connectivity index (χ3n) is 5.91. The van der Waals surface area contributed by atoms with Gasteiger partial charge in [-0.25, -0.2) is 9.59 Å². The number of carbonyl (C=O) groups excluding carboxylic acids is 2. The quantitative estimate of drug-likeness (QED) is 0.456. The summed E-state index contributed by atoms with van der Waals surface area (Å²) >= 11 is 6.89. The SMILES string of the molecule is CCOC(=O)c1c(NC(=O)NCc2c(Br)sc3c2CCNC3)sc2c1CC(C)CC2C. The number of amides is 2. The Morgan fingerprint density at radius 2 is 2.06 bits per heavy atom. The minimum atomic E-state index is -0.348. The zero-order valence-corrected chi connectivity index (χ0v) is 21.2. The molecular formula is C22H28BrN3O3S2. The Bertz CT molecular complexity index is 1000. The highest BCUT2D eigenvalue weighted by Crippen LogP contribution is 2.45. The molecule has 3 heterocycles. The minimum absolute atomic E-state index is 0.300. The van der Waals surface area contributed by atoms with Gasteiger partial charge in [-0.3, -0.25) is 5.32 Å². The van der Waals surface area contributed by atoms with Crippen LogP contribution in [0.15, 0.2) is 3.79 Å². The van der Waals surface area contributed by atoms with Gasteiger partial charge in [-0.05, 0) is 77.2 Å². The number of carbonyl (C=O) groups is 2. The van der Waals surface area contributed by atoms with Crippen molar-refractivity contribution in [3.63, 3.8) is 0 Å². The second kappa shape index (κ2) is 9.60. The van der Waals surface area contributed by atoms with Crippen molar-refractivity contribution in [2.24, 2.45) is 5.92 Å². The molecule has 2 atom stereocenters. The van der Waals surface area contributed by atoms with E-state index in [1.165, 1.54) is 26.7 Å². The lowest BCUT2D eigenvalue weighted by Crippen LogP contribution is -2.29. The van der Waals surface area contributed by atoms with E-state index in [4.69, 9.17) is 4.74 Å². The Labute approximate surface area is 199 Å². The first-order valence-corrected chi connectivity index (χ1v) is 13.2. The topological polar surface area (TPSA) is 79.5 Å². The molecule has 9 heteroatoms. The average molecular weight is 527 g/mol. The molecular weight excluding hydrogens is 498 g/mol. The monoisotopic (exact) mass is 525 g/mol. The zero-order chi connectivity index (χ0) is 22.1. The highest BCUT2D eigenvalue weighted by Gasteiger charge is 2.32. The van der Waals surface area contributed by atoms with Gasteiger partial charge in [-0.15, -0.1) is 22.7 Å². The molecule has 4 rings (SSSR count). The molecule has 0 spiro atoms. The van der Waals surface area contributed by atoms with Gasteiger partial charge in [0.15, 0.2) is 0 Å². The van der Waals surface area contributed by atoms with Crippen LogP contribution in [-0.2, 0) is 30.7 Å². The first-order chi connectivity index (χ1) is 14.9. The largest absolute Gasteiger partial charge is 0.462 e. The van der Waals surface area contributed by atoms with E-state index in [-0.39, 0.29) is 12.0 Å². The predicted octanol–water partition coefficient (Wildman–Crippen LogP) is 5.40. The molecule has 2 aromatic heterocycles. The highest BCUT2D eigenvalue weighted by molar-refractivity contribution is 9.11. The van der Waals surface area contributed by atoms with Gasteiger partial charge in [-0.2, -0.15) is 0 Å². The fraction of sp³-hybridized carbons (Fsp3) is 0.545. The normalized spacial score (nSPS) is 20.0. The number of ether oxygens (including phenoxy) is 1. The number of nitrogens with one attached hydrogen (secondary N) is 3. The van der Waals surface area contributed by atoms with E-state index in [1.807, 2.05) is 0 Å². The van der Waals surface area contributed by atoms with E-state index in [0.717, 1.165) is 47.3 Å². The molecule has 1 aliphatic heterocycles. The maximum Gasteiger partial charge on any atom is 0.341 e. The average Bonchev–Trinajstić information content (AvgIpc) is 3.23. The molecule has 1 aliphatic carbocycles. The van der Waals surface area contributed by atoms with E-state index in [1.54, 1.807) is 18.3 Å². The number of urea groups is 1. The summed E-state index contributed by atoms with van der Waals surface area (Å²) in [6.07, 6.45) is 2.90. The third kappa shape index (κ3) is 4.69. The molecule has 2 aromatic rings. The van der Waals surface area contributed by atoms with E-state index < -0.39 is 0 Å².